The van der Waals surface area contributed by atoms with Gasteiger partial charge in [-0.3, -0.25) is 9.78 Å². The molecule has 0 aliphatic carbocycles. The smallest absolute Gasteiger partial charge is 0.325 e. The van der Waals surface area contributed by atoms with Gasteiger partial charge in [0.05, 0.1) is 22.6 Å². The van der Waals surface area contributed by atoms with E-state index in [1.54, 1.807) is 19.1 Å². The number of benzene rings is 1. The monoisotopic (exact) mass is 564 g/mol. The number of nitrogens with zero attached hydrogens (tertiary/aromatic N) is 4. The Kier molecular flexibility index (Phi) is 7.78. The van der Waals surface area contributed by atoms with Crippen molar-refractivity contribution in [2.75, 3.05) is 22.8 Å². The van der Waals surface area contributed by atoms with Gasteiger partial charge in [-0.15, -0.1) is 0 Å². The zero-order valence-corrected chi connectivity index (χ0v) is 21.9. The number of carbonyl (C=O) groups is 2. The molecule has 0 radical (unpaired) electrons. The van der Waals surface area contributed by atoms with E-state index in [0.29, 0.717) is 28.8 Å². The van der Waals surface area contributed by atoms with E-state index >= 15 is 0 Å². The molecule has 0 saturated heterocycles. The van der Waals surface area contributed by atoms with E-state index in [4.69, 9.17) is 11.6 Å². The molecule has 2 N–H and O–H groups in total. The Morgan fingerprint density at radius 3 is 2.58 bits per heavy atom. The summed E-state index contributed by atoms with van der Waals surface area (Å²) in [5.74, 6) is -2.26. The number of likely N-dealkylation sites (N-methyl/N-ethyl adjacent to an activating group) is 1. The van der Waals surface area contributed by atoms with Crippen LogP contribution in [0.1, 0.15) is 16.8 Å². The maximum atomic E-state index is 13.8. The molecule has 1 aliphatic rings. The Balaban J connectivity index is 1.57. The number of halogens is 3. The van der Waals surface area contributed by atoms with Crippen molar-refractivity contribution in [2.45, 2.75) is 25.8 Å². The molecule has 1 aromatic carbocycles. The van der Waals surface area contributed by atoms with Crippen molar-refractivity contribution in [2.24, 2.45) is 0 Å². The molecule has 1 atom stereocenters. The van der Waals surface area contributed by atoms with Gasteiger partial charge in [0, 0.05) is 32.3 Å². The fraction of sp³-hybridized carbons (Fsp3) is 0.250. The summed E-state index contributed by atoms with van der Waals surface area (Å²) >= 11 is 6.12. The number of carbonyl (C=O) groups excluding carboxylic acids is 2. The lowest BCUT2D eigenvalue weighted by atomic mass is 10.0. The van der Waals surface area contributed by atoms with Crippen LogP contribution in [0, 0.1) is 18.6 Å². The fourth-order valence-electron chi connectivity index (χ4n) is 3.98. The first-order valence-corrected chi connectivity index (χ1v) is 13.2. The first-order valence-electron chi connectivity index (χ1n) is 11.3. The number of fused-ring (bicyclic) bond motifs is 1. The van der Waals surface area contributed by atoms with Gasteiger partial charge in [-0.1, -0.05) is 17.7 Å². The Hall–Kier alpha value is -3.84. The number of aromatic nitrogens is 2. The molecule has 0 fully saturated rings. The van der Waals surface area contributed by atoms with Gasteiger partial charge >= 0.3 is 16.2 Å². The van der Waals surface area contributed by atoms with Crippen LogP contribution in [0.2, 0.25) is 5.02 Å². The van der Waals surface area contributed by atoms with Crippen molar-refractivity contribution in [1.82, 2.24) is 20.0 Å². The van der Waals surface area contributed by atoms with Gasteiger partial charge in [-0.05, 0) is 48.7 Å². The summed E-state index contributed by atoms with van der Waals surface area (Å²) in [6.45, 7) is 1.75. The van der Waals surface area contributed by atoms with E-state index in [0.717, 1.165) is 21.3 Å². The average Bonchev–Trinajstić information content (AvgIpc) is 3.29. The number of urea groups is 1. The predicted molar refractivity (Wildman–Crippen MR) is 137 cm³/mol. The van der Waals surface area contributed by atoms with Crippen LogP contribution in [0.3, 0.4) is 0 Å². The van der Waals surface area contributed by atoms with Gasteiger partial charge < -0.3 is 10.2 Å². The van der Waals surface area contributed by atoms with Crippen molar-refractivity contribution in [3.05, 3.63) is 82.3 Å². The van der Waals surface area contributed by atoms with Crippen LogP contribution in [0.15, 0.2) is 48.8 Å². The molecule has 3 heterocycles. The molecule has 4 rings (SSSR count). The molecule has 0 spiro atoms. The summed E-state index contributed by atoms with van der Waals surface area (Å²) in [7, 11) is -2.98. The molecule has 200 valence electrons. The van der Waals surface area contributed by atoms with E-state index in [9.17, 15) is 26.8 Å². The number of hydrogen-bond acceptors (Lipinski definition) is 6. The lowest BCUT2D eigenvalue weighted by molar-refractivity contribution is -0.120. The maximum Gasteiger partial charge on any atom is 0.330 e. The second-order valence-corrected chi connectivity index (χ2v) is 10.6. The number of nitrogens with one attached hydrogen (secondary N) is 2. The number of hydrogen-bond donors (Lipinski definition) is 2. The number of amides is 3. The Labute approximate surface area is 222 Å². The second-order valence-electron chi connectivity index (χ2n) is 8.58. The van der Waals surface area contributed by atoms with Crippen molar-refractivity contribution in [3.63, 3.8) is 0 Å². The van der Waals surface area contributed by atoms with Crippen LogP contribution >= 0.6 is 11.6 Å². The van der Waals surface area contributed by atoms with Gasteiger partial charge in [-0.25, -0.2) is 27.6 Å². The maximum absolute atomic E-state index is 13.8. The van der Waals surface area contributed by atoms with Gasteiger partial charge in [0.15, 0.2) is 0 Å². The van der Waals surface area contributed by atoms with Gasteiger partial charge in [0.1, 0.15) is 23.5 Å². The van der Waals surface area contributed by atoms with E-state index in [-0.39, 0.29) is 30.0 Å². The molecule has 0 saturated carbocycles. The van der Waals surface area contributed by atoms with Crippen molar-refractivity contribution in [1.29, 1.82) is 0 Å². The van der Waals surface area contributed by atoms with Crippen LogP contribution in [-0.2, 0) is 27.8 Å². The minimum absolute atomic E-state index is 0.0649. The number of anilines is 2. The van der Waals surface area contributed by atoms with Gasteiger partial charge in [0.25, 0.3) is 0 Å². The normalized spacial score (nSPS) is 13.6. The Bertz CT molecular complexity index is 1490. The number of pyridine rings is 2. The molecule has 3 amide bonds. The third kappa shape index (κ3) is 6.00. The van der Waals surface area contributed by atoms with E-state index in [2.05, 4.69) is 15.3 Å². The summed E-state index contributed by atoms with van der Waals surface area (Å²) in [5.41, 5.74) is 1.58. The average molecular weight is 565 g/mol. The van der Waals surface area contributed by atoms with Crippen LogP contribution in [0.25, 0.3) is 0 Å². The minimum Gasteiger partial charge on any atom is -0.325 e. The zero-order valence-electron chi connectivity index (χ0n) is 20.3. The molecule has 3 aromatic rings. The standard InChI is InChI=1S/C24H23ClF2N6O4S/c1-14-20(25)12-19(13-29-14)32(2)23(34)21(10-15-8-17(26)11-18(27)9-15)30-24(35)31-38(36,37)33-7-5-16-4-3-6-28-22(16)33/h3-4,6,8-9,11-13,21H,5,7,10H2,1-2H3,(H2,30,31,35)/t21-/m0/s1. The third-order valence-electron chi connectivity index (χ3n) is 5.89. The molecule has 0 unspecified atom stereocenters. The minimum atomic E-state index is -4.38. The van der Waals surface area contributed by atoms with E-state index in [1.165, 1.54) is 25.5 Å². The van der Waals surface area contributed by atoms with Crippen molar-refractivity contribution >= 4 is 45.3 Å². The molecule has 14 heteroatoms. The van der Waals surface area contributed by atoms with Crippen LogP contribution in [0.4, 0.5) is 25.1 Å². The van der Waals surface area contributed by atoms with E-state index < -0.39 is 39.8 Å². The van der Waals surface area contributed by atoms with Crippen LogP contribution in [0.5, 0.6) is 0 Å². The molecule has 10 nitrogen and oxygen atoms in total. The number of rotatable bonds is 7. The summed E-state index contributed by atoms with van der Waals surface area (Å²) in [6.07, 6.45) is 2.89. The third-order valence-corrected chi connectivity index (χ3v) is 7.66. The fourth-order valence-corrected chi connectivity index (χ4v) is 5.26. The molecular formula is C24H23ClF2N6O4S. The Morgan fingerprint density at radius 2 is 1.89 bits per heavy atom. The molecule has 0 bridgehead atoms. The summed E-state index contributed by atoms with van der Waals surface area (Å²) in [6, 6.07) is 4.96. The largest absolute Gasteiger partial charge is 0.330 e. The lowest BCUT2D eigenvalue weighted by Crippen LogP contribution is -2.54. The van der Waals surface area contributed by atoms with E-state index in [1.807, 2.05) is 4.72 Å². The first kappa shape index (κ1) is 27.2. The highest BCUT2D eigenvalue weighted by molar-refractivity contribution is 7.91. The summed E-state index contributed by atoms with van der Waals surface area (Å²) in [5, 5.41) is 2.61. The quantitative estimate of drug-likeness (QED) is 0.455. The first-order chi connectivity index (χ1) is 17.9. The SMILES string of the molecule is Cc1ncc(N(C)C(=O)[C@H](Cc2cc(F)cc(F)c2)NC(=O)NS(=O)(=O)N2CCc3cccnc32)cc1Cl. The molecule has 1 aliphatic heterocycles. The van der Waals surface area contributed by atoms with Crippen molar-refractivity contribution in [3.8, 4) is 0 Å². The predicted octanol–water partition coefficient (Wildman–Crippen LogP) is 2.90. The molecule has 2 aromatic heterocycles. The lowest BCUT2D eigenvalue weighted by Gasteiger charge is -2.26. The molecular weight excluding hydrogens is 542 g/mol. The highest BCUT2D eigenvalue weighted by Crippen LogP contribution is 2.27. The number of aryl methyl sites for hydroxylation is 1. The van der Waals surface area contributed by atoms with Gasteiger partial charge in [-0.2, -0.15) is 8.42 Å². The zero-order chi connectivity index (χ0) is 27.6. The topological polar surface area (TPSA) is 125 Å². The highest BCUT2D eigenvalue weighted by Gasteiger charge is 2.33. The molecule has 38 heavy (non-hydrogen) atoms. The summed E-state index contributed by atoms with van der Waals surface area (Å²) < 4.78 is 56.3. The highest BCUT2D eigenvalue weighted by atomic mass is 35.5. The summed E-state index contributed by atoms with van der Waals surface area (Å²) in [4.78, 5) is 35.5. The second kappa shape index (κ2) is 10.9. The van der Waals surface area contributed by atoms with Crippen molar-refractivity contribution < 1.29 is 26.8 Å². The van der Waals surface area contributed by atoms with Crippen LogP contribution in [-0.4, -0.2) is 50.0 Å². The van der Waals surface area contributed by atoms with Gasteiger partial charge in [0.2, 0.25) is 5.91 Å². The van der Waals surface area contributed by atoms with Crippen LogP contribution < -0.4 is 19.2 Å². The Morgan fingerprint density at radius 1 is 1.18 bits per heavy atom.